The van der Waals surface area contributed by atoms with E-state index in [2.05, 4.69) is 20.6 Å². The van der Waals surface area contributed by atoms with E-state index in [9.17, 15) is 8.42 Å². The molecule has 2 heterocycles. The molecule has 5 aromatic rings. The summed E-state index contributed by atoms with van der Waals surface area (Å²) in [5.74, 6) is 1.89. The van der Waals surface area contributed by atoms with Gasteiger partial charge in [0.1, 0.15) is 5.82 Å². The van der Waals surface area contributed by atoms with Gasteiger partial charge in [-0.3, -0.25) is 0 Å². The van der Waals surface area contributed by atoms with E-state index in [-0.39, 0.29) is 15.6 Å². The van der Waals surface area contributed by atoms with Crippen molar-refractivity contribution in [2.45, 2.75) is 30.2 Å². The Hall–Kier alpha value is -3.89. The number of hydrogen-bond donors (Lipinski definition) is 1. The molecule has 0 saturated heterocycles. The van der Waals surface area contributed by atoms with Crippen LogP contribution in [0.4, 0.5) is 5.82 Å². The maximum atomic E-state index is 13.3. The maximum Gasteiger partial charge on any atom is 0.229 e. The van der Waals surface area contributed by atoms with Crippen molar-refractivity contribution in [3.8, 4) is 11.5 Å². The van der Waals surface area contributed by atoms with E-state index in [1.165, 1.54) is 16.6 Å². The topological polar surface area (TPSA) is 108 Å². The number of aromatic nitrogens is 4. The molecule has 5 rings (SSSR count). The van der Waals surface area contributed by atoms with Crippen molar-refractivity contribution in [1.82, 2.24) is 19.8 Å². The van der Waals surface area contributed by atoms with Gasteiger partial charge >= 0.3 is 0 Å². The fourth-order valence-corrected chi connectivity index (χ4v) is 5.59. The van der Waals surface area contributed by atoms with Gasteiger partial charge in [0, 0.05) is 17.0 Å². The molecule has 38 heavy (non-hydrogen) atoms. The number of hydrogen-bond acceptors (Lipinski definition) is 8. The van der Waals surface area contributed by atoms with Gasteiger partial charge in [-0.1, -0.05) is 41.1 Å². The zero-order valence-electron chi connectivity index (χ0n) is 20.9. The lowest BCUT2D eigenvalue weighted by Crippen LogP contribution is -2.10. The molecular weight excluding hydrogens is 526 g/mol. The van der Waals surface area contributed by atoms with Gasteiger partial charge in [-0.25, -0.2) is 13.4 Å². The molecule has 9 nitrogen and oxygen atoms in total. The van der Waals surface area contributed by atoms with E-state index in [0.717, 1.165) is 5.56 Å². The minimum atomic E-state index is -3.94. The SMILES string of the molecule is CCOc1ccc(CCNc2nc3c(S(=O)(=O)c4ccccc4)nnn3c3ccc(Cl)cc23)cc1OCC. The molecule has 0 aliphatic heterocycles. The van der Waals surface area contributed by atoms with Gasteiger partial charge in [-0.15, -0.1) is 5.10 Å². The summed E-state index contributed by atoms with van der Waals surface area (Å²) < 4.78 is 39.5. The Balaban J connectivity index is 1.50. The second kappa shape index (κ2) is 10.8. The Kier molecular flexibility index (Phi) is 7.35. The van der Waals surface area contributed by atoms with E-state index in [1.54, 1.807) is 36.4 Å². The summed E-state index contributed by atoms with van der Waals surface area (Å²) in [6, 6.07) is 19.2. The number of nitrogens with one attached hydrogen (secondary N) is 1. The summed E-state index contributed by atoms with van der Waals surface area (Å²) >= 11 is 6.29. The molecule has 0 aliphatic rings. The van der Waals surface area contributed by atoms with Crippen molar-refractivity contribution in [1.29, 1.82) is 0 Å². The summed E-state index contributed by atoms with van der Waals surface area (Å²) in [4.78, 5) is 4.78. The van der Waals surface area contributed by atoms with Crippen molar-refractivity contribution in [2.24, 2.45) is 0 Å². The molecule has 0 amide bonds. The van der Waals surface area contributed by atoms with Gasteiger partial charge in [0.2, 0.25) is 14.9 Å². The van der Waals surface area contributed by atoms with Crippen molar-refractivity contribution in [3.63, 3.8) is 0 Å². The van der Waals surface area contributed by atoms with Crippen LogP contribution in [0.3, 0.4) is 0 Å². The van der Waals surface area contributed by atoms with Crippen LogP contribution in [0.15, 0.2) is 76.7 Å². The summed E-state index contributed by atoms with van der Waals surface area (Å²) in [7, 11) is -3.94. The molecule has 196 valence electrons. The fourth-order valence-electron chi connectivity index (χ4n) is 4.17. The summed E-state index contributed by atoms with van der Waals surface area (Å²) in [6.45, 7) is 5.47. The van der Waals surface area contributed by atoms with E-state index < -0.39 is 9.84 Å². The standard InChI is InChI=1S/C27H26ClN5O4S/c1-3-36-23-13-10-18(16-24(23)37-4-2)14-15-29-25-21-17-19(28)11-12-22(21)33-26(30-25)27(31-32-33)38(34,35)20-8-6-5-7-9-20/h5-13,16-17H,3-4,14-15H2,1-2H3,(H,29,30). The highest BCUT2D eigenvalue weighted by molar-refractivity contribution is 7.91. The molecule has 0 aliphatic carbocycles. The quantitative estimate of drug-likeness (QED) is 0.252. The molecule has 11 heteroatoms. The molecule has 0 saturated carbocycles. The maximum absolute atomic E-state index is 13.3. The highest BCUT2D eigenvalue weighted by Crippen LogP contribution is 2.31. The Bertz CT molecular complexity index is 1710. The molecule has 0 radical (unpaired) electrons. The first-order valence-corrected chi connectivity index (χ1v) is 14.1. The van der Waals surface area contributed by atoms with Crippen LogP contribution in [-0.4, -0.2) is 48.0 Å². The lowest BCUT2D eigenvalue weighted by Gasteiger charge is -2.13. The average molecular weight is 552 g/mol. The second-order valence-electron chi connectivity index (χ2n) is 8.39. The fraction of sp³-hybridized carbons (Fsp3) is 0.222. The number of sulfone groups is 1. The van der Waals surface area contributed by atoms with E-state index >= 15 is 0 Å². The minimum Gasteiger partial charge on any atom is -0.490 e. The minimum absolute atomic E-state index is 0.121. The molecule has 0 spiro atoms. The van der Waals surface area contributed by atoms with Gasteiger partial charge in [0.05, 0.1) is 23.6 Å². The van der Waals surface area contributed by atoms with Gasteiger partial charge in [-0.05, 0) is 68.3 Å². The van der Waals surface area contributed by atoms with Crippen LogP contribution in [0, 0.1) is 0 Å². The van der Waals surface area contributed by atoms with Crippen LogP contribution in [0.1, 0.15) is 19.4 Å². The smallest absolute Gasteiger partial charge is 0.229 e. The van der Waals surface area contributed by atoms with E-state index in [4.69, 9.17) is 21.1 Å². The molecule has 3 aromatic carbocycles. The number of rotatable bonds is 10. The highest BCUT2D eigenvalue weighted by Gasteiger charge is 2.27. The second-order valence-corrected chi connectivity index (χ2v) is 10.7. The van der Waals surface area contributed by atoms with Crippen LogP contribution in [0.5, 0.6) is 11.5 Å². The zero-order valence-corrected chi connectivity index (χ0v) is 22.5. The number of ether oxygens (including phenoxy) is 2. The van der Waals surface area contributed by atoms with Crippen LogP contribution in [-0.2, 0) is 16.3 Å². The first-order chi connectivity index (χ1) is 18.4. The molecule has 0 atom stereocenters. The summed E-state index contributed by atoms with van der Waals surface area (Å²) in [5.41, 5.74) is 1.81. The van der Waals surface area contributed by atoms with Crippen molar-refractivity contribution < 1.29 is 17.9 Å². The number of anilines is 1. The number of halogens is 1. The predicted octanol–water partition coefficient (Wildman–Crippen LogP) is 5.22. The first kappa shape index (κ1) is 25.7. The van der Waals surface area contributed by atoms with Crippen LogP contribution in [0.2, 0.25) is 5.02 Å². The highest BCUT2D eigenvalue weighted by atomic mass is 35.5. The van der Waals surface area contributed by atoms with Crippen LogP contribution < -0.4 is 14.8 Å². The number of fused-ring (bicyclic) bond motifs is 3. The van der Waals surface area contributed by atoms with Gasteiger partial charge in [0.25, 0.3) is 0 Å². The lowest BCUT2D eigenvalue weighted by molar-refractivity contribution is 0.287. The van der Waals surface area contributed by atoms with Crippen LogP contribution >= 0.6 is 11.6 Å². The Morgan fingerprint density at radius 1 is 0.947 bits per heavy atom. The van der Waals surface area contributed by atoms with Crippen molar-refractivity contribution >= 4 is 43.8 Å². The largest absolute Gasteiger partial charge is 0.490 e. The van der Waals surface area contributed by atoms with Crippen molar-refractivity contribution in [2.75, 3.05) is 25.1 Å². The van der Waals surface area contributed by atoms with Gasteiger partial charge in [0.15, 0.2) is 17.1 Å². The molecule has 2 aromatic heterocycles. The Morgan fingerprint density at radius 2 is 1.71 bits per heavy atom. The Labute approximate surface area is 225 Å². The van der Waals surface area contributed by atoms with Gasteiger partial charge < -0.3 is 14.8 Å². The monoisotopic (exact) mass is 551 g/mol. The van der Waals surface area contributed by atoms with Gasteiger partial charge in [-0.2, -0.15) is 4.52 Å². The molecule has 0 fully saturated rings. The normalized spacial score (nSPS) is 11.7. The third-order valence-corrected chi connectivity index (χ3v) is 7.80. The third kappa shape index (κ3) is 4.97. The molecular formula is C27H26ClN5O4S. The number of nitrogens with zero attached hydrogens (tertiary/aromatic N) is 4. The van der Waals surface area contributed by atoms with E-state index in [0.29, 0.717) is 59.4 Å². The summed E-state index contributed by atoms with van der Waals surface area (Å²) in [5, 5.41) is 12.5. The van der Waals surface area contributed by atoms with Crippen LogP contribution in [0.25, 0.3) is 16.6 Å². The van der Waals surface area contributed by atoms with E-state index in [1.807, 2.05) is 32.0 Å². The molecule has 0 bridgehead atoms. The van der Waals surface area contributed by atoms with Crippen molar-refractivity contribution in [3.05, 3.63) is 77.3 Å². The number of benzene rings is 3. The molecule has 1 N–H and O–H groups in total. The third-order valence-electron chi connectivity index (χ3n) is 5.90. The predicted molar refractivity (Wildman–Crippen MR) is 146 cm³/mol. The first-order valence-electron chi connectivity index (χ1n) is 12.2. The molecule has 0 unspecified atom stereocenters. The average Bonchev–Trinajstić information content (AvgIpc) is 3.36. The summed E-state index contributed by atoms with van der Waals surface area (Å²) in [6.07, 6.45) is 0.661. The lowest BCUT2D eigenvalue weighted by atomic mass is 10.1. The zero-order chi connectivity index (χ0) is 26.7. The Morgan fingerprint density at radius 3 is 2.47 bits per heavy atom.